The highest BCUT2D eigenvalue weighted by Gasteiger charge is 2.05. The van der Waals surface area contributed by atoms with Crippen molar-refractivity contribution in [3.63, 3.8) is 0 Å². The molecule has 0 aliphatic heterocycles. The standard InChI is InChI=1S/C9H6BrIN2/c10-5-1-2-6(11)8-7(12)3-4-13-9(5)8/h1-4H,(H2,12,13). The quantitative estimate of drug-likeness (QED) is 0.742. The van der Waals surface area contributed by atoms with E-state index in [1.165, 1.54) is 0 Å². The Morgan fingerprint density at radius 2 is 2.08 bits per heavy atom. The number of fused-ring (bicyclic) bond motifs is 1. The highest BCUT2D eigenvalue weighted by atomic mass is 127. The summed E-state index contributed by atoms with van der Waals surface area (Å²) in [5.41, 5.74) is 7.56. The summed E-state index contributed by atoms with van der Waals surface area (Å²) < 4.78 is 2.11. The molecule has 0 saturated heterocycles. The molecule has 13 heavy (non-hydrogen) atoms. The Morgan fingerprint density at radius 1 is 1.31 bits per heavy atom. The molecule has 0 fully saturated rings. The van der Waals surface area contributed by atoms with Gasteiger partial charge in [-0.2, -0.15) is 0 Å². The van der Waals surface area contributed by atoms with Crippen molar-refractivity contribution in [2.45, 2.75) is 0 Å². The summed E-state index contributed by atoms with van der Waals surface area (Å²) in [4.78, 5) is 4.27. The van der Waals surface area contributed by atoms with Gasteiger partial charge in [-0.1, -0.05) is 0 Å². The van der Waals surface area contributed by atoms with Crippen molar-refractivity contribution in [1.82, 2.24) is 4.98 Å². The van der Waals surface area contributed by atoms with Crippen molar-refractivity contribution in [2.75, 3.05) is 5.73 Å². The Balaban J connectivity index is 3.00. The second-order valence-electron chi connectivity index (χ2n) is 2.65. The maximum absolute atomic E-state index is 5.86. The number of benzene rings is 1. The zero-order valence-corrected chi connectivity index (χ0v) is 10.3. The lowest BCUT2D eigenvalue weighted by atomic mass is 10.2. The minimum absolute atomic E-state index is 0.774. The molecule has 2 nitrogen and oxygen atoms in total. The average Bonchev–Trinajstić information content (AvgIpc) is 2.12. The molecule has 2 aromatic rings. The normalized spacial score (nSPS) is 10.6. The van der Waals surface area contributed by atoms with Crippen LogP contribution in [0.15, 0.2) is 28.9 Å². The van der Waals surface area contributed by atoms with Crippen LogP contribution in [0, 0.1) is 3.57 Å². The first-order chi connectivity index (χ1) is 6.20. The third-order valence-electron chi connectivity index (χ3n) is 1.82. The fourth-order valence-electron chi connectivity index (χ4n) is 1.22. The van der Waals surface area contributed by atoms with E-state index in [1.54, 1.807) is 6.20 Å². The minimum atomic E-state index is 0.774. The lowest BCUT2D eigenvalue weighted by Gasteiger charge is -2.04. The number of hydrogen-bond donors (Lipinski definition) is 1. The highest BCUT2D eigenvalue weighted by molar-refractivity contribution is 14.1. The second-order valence-corrected chi connectivity index (χ2v) is 4.67. The monoisotopic (exact) mass is 348 g/mol. The van der Waals surface area contributed by atoms with Crippen LogP contribution in [0.4, 0.5) is 5.69 Å². The van der Waals surface area contributed by atoms with Crippen LogP contribution in [0.5, 0.6) is 0 Å². The fourth-order valence-corrected chi connectivity index (χ4v) is 2.40. The van der Waals surface area contributed by atoms with E-state index in [-0.39, 0.29) is 0 Å². The lowest BCUT2D eigenvalue weighted by molar-refractivity contribution is 1.40. The highest BCUT2D eigenvalue weighted by Crippen LogP contribution is 2.29. The Morgan fingerprint density at radius 3 is 2.77 bits per heavy atom. The summed E-state index contributed by atoms with van der Waals surface area (Å²) in [6.07, 6.45) is 1.72. The van der Waals surface area contributed by atoms with Crippen LogP contribution in [0.1, 0.15) is 0 Å². The van der Waals surface area contributed by atoms with Gasteiger partial charge in [0.1, 0.15) is 0 Å². The lowest BCUT2D eigenvalue weighted by Crippen LogP contribution is -1.91. The van der Waals surface area contributed by atoms with Crippen LogP contribution >= 0.6 is 38.5 Å². The van der Waals surface area contributed by atoms with Crippen LogP contribution in [-0.4, -0.2) is 4.98 Å². The number of nitrogens with two attached hydrogens (primary N) is 1. The molecule has 2 rings (SSSR count). The van der Waals surface area contributed by atoms with Crippen molar-refractivity contribution in [3.05, 3.63) is 32.4 Å². The van der Waals surface area contributed by atoms with Gasteiger partial charge in [-0.05, 0) is 56.7 Å². The zero-order valence-electron chi connectivity index (χ0n) is 6.59. The van der Waals surface area contributed by atoms with Crippen molar-refractivity contribution >= 4 is 55.1 Å². The van der Waals surface area contributed by atoms with Gasteiger partial charge in [0.15, 0.2) is 0 Å². The molecule has 0 radical (unpaired) electrons. The predicted octanol–water partition coefficient (Wildman–Crippen LogP) is 3.18. The van der Waals surface area contributed by atoms with E-state index in [0.29, 0.717) is 0 Å². The third kappa shape index (κ3) is 1.52. The summed E-state index contributed by atoms with van der Waals surface area (Å²) in [7, 11) is 0. The Bertz CT molecular complexity index is 462. The van der Waals surface area contributed by atoms with Crippen LogP contribution in [0.2, 0.25) is 0 Å². The Kier molecular flexibility index (Phi) is 2.42. The van der Waals surface area contributed by atoms with Crippen molar-refractivity contribution < 1.29 is 0 Å². The van der Waals surface area contributed by atoms with Gasteiger partial charge in [-0.25, -0.2) is 0 Å². The van der Waals surface area contributed by atoms with Crippen LogP contribution in [0.3, 0.4) is 0 Å². The Hall–Kier alpha value is -0.360. The van der Waals surface area contributed by atoms with Gasteiger partial charge in [0, 0.05) is 25.3 Å². The summed E-state index contributed by atoms with van der Waals surface area (Å²) in [5, 5.41) is 1.03. The van der Waals surface area contributed by atoms with E-state index < -0.39 is 0 Å². The molecule has 0 bridgehead atoms. The number of pyridine rings is 1. The molecule has 2 N–H and O–H groups in total. The molecule has 1 aromatic heterocycles. The second kappa shape index (κ2) is 3.42. The fraction of sp³-hybridized carbons (Fsp3) is 0. The van der Waals surface area contributed by atoms with Gasteiger partial charge in [-0.3, -0.25) is 4.98 Å². The van der Waals surface area contributed by atoms with Gasteiger partial charge >= 0.3 is 0 Å². The number of hydrogen-bond acceptors (Lipinski definition) is 2. The number of rotatable bonds is 0. The maximum atomic E-state index is 5.86. The molecule has 1 aromatic carbocycles. The van der Waals surface area contributed by atoms with E-state index in [0.717, 1.165) is 24.6 Å². The zero-order chi connectivity index (χ0) is 9.42. The summed E-state index contributed by atoms with van der Waals surface area (Å²) in [5.74, 6) is 0. The molecular weight excluding hydrogens is 343 g/mol. The first-order valence-corrected chi connectivity index (χ1v) is 5.55. The number of anilines is 1. The smallest absolute Gasteiger partial charge is 0.0875 e. The molecule has 0 atom stereocenters. The summed E-state index contributed by atoms with van der Waals surface area (Å²) >= 11 is 5.70. The van der Waals surface area contributed by atoms with Crippen LogP contribution in [0.25, 0.3) is 10.9 Å². The number of nitrogens with zero attached hydrogens (tertiary/aromatic N) is 1. The van der Waals surface area contributed by atoms with Crippen molar-refractivity contribution in [3.8, 4) is 0 Å². The van der Waals surface area contributed by atoms with E-state index in [9.17, 15) is 0 Å². The predicted molar refractivity (Wildman–Crippen MR) is 66.6 cm³/mol. The third-order valence-corrected chi connectivity index (χ3v) is 3.36. The van der Waals surface area contributed by atoms with Crippen LogP contribution in [-0.2, 0) is 0 Å². The molecule has 4 heteroatoms. The Labute approximate surface area is 97.8 Å². The molecule has 0 aliphatic rings. The number of nitrogen functional groups attached to an aromatic ring is 1. The largest absolute Gasteiger partial charge is 0.398 e. The number of aromatic nitrogens is 1. The molecule has 0 aliphatic carbocycles. The molecule has 66 valence electrons. The van der Waals surface area contributed by atoms with E-state index in [1.807, 2.05) is 18.2 Å². The van der Waals surface area contributed by atoms with Crippen LogP contribution < -0.4 is 5.73 Å². The maximum Gasteiger partial charge on any atom is 0.0875 e. The van der Waals surface area contributed by atoms with Gasteiger partial charge < -0.3 is 5.73 Å². The van der Waals surface area contributed by atoms with Gasteiger partial charge in [0.2, 0.25) is 0 Å². The van der Waals surface area contributed by atoms with E-state index >= 15 is 0 Å². The summed E-state index contributed by atoms with van der Waals surface area (Å²) in [6, 6.07) is 5.82. The first-order valence-electron chi connectivity index (χ1n) is 3.68. The summed E-state index contributed by atoms with van der Waals surface area (Å²) in [6.45, 7) is 0. The topological polar surface area (TPSA) is 38.9 Å². The molecule has 0 spiro atoms. The van der Waals surface area contributed by atoms with Crippen molar-refractivity contribution in [1.29, 1.82) is 0 Å². The molecule has 0 saturated carbocycles. The molecule has 1 heterocycles. The average molecular weight is 349 g/mol. The van der Waals surface area contributed by atoms with E-state index in [4.69, 9.17) is 5.73 Å². The van der Waals surface area contributed by atoms with Gasteiger partial charge in [0.25, 0.3) is 0 Å². The number of halogens is 2. The molecule has 0 amide bonds. The van der Waals surface area contributed by atoms with Gasteiger partial charge in [-0.15, -0.1) is 0 Å². The first kappa shape index (κ1) is 9.21. The van der Waals surface area contributed by atoms with E-state index in [2.05, 4.69) is 43.5 Å². The molecule has 0 unspecified atom stereocenters. The SMILES string of the molecule is Nc1ccnc2c(Br)ccc(I)c12. The van der Waals surface area contributed by atoms with Crippen molar-refractivity contribution in [2.24, 2.45) is 0 Å². The van der Waals surface area contributed by atoms with Gasteiger partial charge in [0.05, 0.1) is 5.52 Å². The molecular formula is C9H6BrIN2. The minimum Gasteiger partial charge on any atom is -0.398 e.